The Morgan fingerprint density at radius 2 is 1.80 bits per heavy atom. The molecule has 8 N–H and O–H groups in total. The molecule has 6 rings (SSSR count). The number of carbonyl (C=O) groups excluding carboxylic acids is 1. The molecule has 24 heteroatoms. The highest BCUT2D eigenvalue weighted by Gasteiger charge is 2.50. The molecule has 2 aliphatic rings. The Kier molecular flexibility index (Phi) is 9.40. The van der Waals surface area contributed by atoms with Crippen molar-refractivity contribution < 1.29 is 52.4 Å². The van der Waals surface area contributed by atoms with Gasteiger partial charge in [-0.2, -0.15) is 4.98 Å². The van der Waals surface area contributed by atoms with Crippen molar-refractivity contribution in [2.45, 2.75) is 49.4 Å². The molecule has 2 unspecified atom stereocenters. The summed E-state index contributed by atoms with van der Waals surface area (Å²) in [5, 5.41) is 22.1. The van der Waals surface area contributed by atoms with Crippen molar-refractivity contribution in [2.24, 2.45) is 5.92 Å². The van der Waals surface area contributed by atoms with E-state index in [0.29, 0.717) is 11.8 Å². The van der Waals surface area contributed by atoms with Gasteiger partial charge in [0.2, 0.25) is 5.95 Å². The molecule has 2 fully saturated rings. The van der Waals surface area contributed by atoms with E-state index in [9.17, 15) is 34.2 Å². The summed E-state index contributed by atoms with van der Waals surface area (Å²) in [6.45, 7) is -1.04. The van der Waals surface area contributed by atoms with Gasteiger partial charge in [0.15, 0.2) is 32.1 Å². The molecular formula is C22H27N9O12P2S. The monoisotopic (exact) mass is 703 g/mol. The molecule has 248 valence electrons. The number of phosphoric acid groups is 1. The number of nitrogens with one attached hydrogen (secondary N) is 2. The lowest BCUT2D eigenvalue weighted by atomic mass is 9.97. The third kappa shape index (κ3) is 6.15. The highest BCUT2D eigenvalue weighted by molar-refractivity contribution is 7.71. The van der Waals surface area contributed by atoms with Crippen LogP contribution in [0.25, 0.3) is 22.3 Å². The van der Waals surface area contributed by atoms with Crippen molar-refractivity contribution in [3.63, 3.8) is 0 Å². The number of nitrogens with two attached hydrogens (primary N) is 1. The lowest BCUT2D eigenvalue weighted by Crippen LogP contribution is -2.36. The molecular weight excluding hydrogens is 676 g/mol. The van der Waals surface area contributed by atoms with Gasteiger partial charge < -0.3 is 49.5 Å². The number of H-pyrrole nitrogens is 2. The first-order valence-corrected chi connectivity index (χ1v) is 16.2. The number of rotatable bonds is 12. The Hall–Kier alpha value is -3.11. The maximum Gasteiger partial charge on any atom is 0.472 e. The van der Waals surface area contributed by atoms with E-state index in [1.807, 2.05) is 0 Å². The second-order valence-corrected chi connectivity index (χ2v) is 12.5. The minimum Gasteiger partial charge on any atom is -0.390 e. The van der Waals surface area contributed by atoms with Crippen molar-refractivity contribution in [3.8, 4) is 0 Å². The van der Waals surface area contributed by atoms with Gasteiger partial charge in [-0.05, 0) is 0 Å². The molecule has 2 saturated heterocycles. The van der Waals surface area contributed by atoms with Gasteiger partial charge in [-0.3, -0.25) is 28.0 Å². The van der Waals surface area contributed by atoms with Crippen LogP contribution in [0.3, 0.4) is 0 Å². The number of carbonyl (C=O) groups is 1. The topological polar surface area (TPSA) is 297 Å². The summed E-state index contributed by atoms with van der Waals surface area (Å²) in [5.74, 6) is -1.10. The largest absolute Gasteiger partial charge is 0.472 e. The van der Waals surface area contributed by atoms with Crippen LogP contribution in [0, 0.1) is 10.6 Å². The number of nitrogens with zero attached hydrogens (tertiary/aromatic N) is 6. The van der Waals surface area contributed by atoms with Crippen molar-refractivity contribution in [3.05, 3.63) is 34.0 Å². The molecule has 0 aliphatic carbocycles. The second-order valence-electron chi connectivity index (χ2n) is 10.2. The van der Waals surface area contributed by atoms with Crippen LogP contribution in [-0.4, -0.2) is 109 Å². The number of phosphoric ester groups is 1. The van der Waals surface area contributed by atoms with Crippen LogP contribution in [0.4, 0.5) is 5.95 Å². The van der Waals surface area contributed by atoms with Crippen LogP contribution in [0.15, 0.2) is 23.8 Å². The zero-order valence-electron chi connectivity index (χ0n) is 23.2. The fourth-order valence-corrected chi connectivity index (χ4v) is 6.84. The molecule has 46 heavy (non-hydrogen) atoms. The number of aromatic nitrogens is 8. The Labute approximate surface area is 263 Å². The SMILES string of the molecule is Nc1nc2c(ncn2[C@@H]2O[C@H](COP(=O)(O)O[C@H]3[C@@H](O)[C@H](n4cnc5c(=S)[nH]cnc54)O[C@@H]3COPO)[C@@H](O)[C@H]2CC=O)c(=O)[nH]1. The van der Waals surface area contributed by atoms with Gasteiger partial charge in [-0.1, -0.05) is 12.2 Å². The van der Waals surface area contributed by atoms with Gasteiger partial charge in [-0.25, -0.2) is 19.5 Å². The van der Waals surface area contributed by atoms with Crippen LogP contribution in [0.2, 0.25) is 0 Å². The van der Waals surface area contributed by atoms with E-state index in [0.717, 1.165) is 0 Å². The molecule has 4 aromatic rings. The molecule has 0 aromatic carbocycles. The smallest absolute Gasteiger partial charge is 0.390 e. The minimum absolute atomic E-state index is 0.0246. The van der Waals surface area contributed by atoms with E-state index in [2.05, 4.69) is 29.9 Å². The summed E-state index contributed by atoms with van der Waals surface area (Å²) < 4.78 is 43.4. The Morgan fingerprint density at radius 3 is 2.54 bits per heavy atom. The van der Waals surface area contributed by atoms with Gasteiger partial charge in [0.05, 0.1) is 38.3 Å². The van der Waals surface area contributed by atoms with Crippen molar-refractivity contribution >= 4 is 63.6 Å². The summed E-state index contributed by atoms with van der Waals surface area (Å²) >= 11 is 5.21. The summed E-state index contributed by atoms with van der Waals surface area (Å²) in [5.41, 5.74) is 5.58. The summed E-state index contributed by atoms with van der Waals surface area (Å²) in [7, 11) is -5.98. The third-order valence-corrected chi connectivity index (χ3v) is 9.10. The van der Waals surface area contributed by atoms with Crippen molar-refractivity contribution in [1.82, 2.24) is 39.0 Å². The predicted octanol–water partition coefficient (Wildman–Crippen LogP) is -1.05. The number of aromatic amines is 2. The lowest BCUT2D eigenvalue weighted by Gasteiger charge is -2.24. The highest BCUT2D eigenvalue weighted by atomic mass is 32.1. The highest BCUT2D eigenvalue weighted by Crippen LogP contribution is 2.50. The number of ether oxygens (including phenoxy) is 2. The first kappa shape index (κ1) is 32.8. The molecule has 0 bridgehead atoms. The summed E-state index contributed by atoms with van der Waals surface area (Å²) in [6.07, 6.45) is -5.04. The maximum atomic E-state index is 13.2. The van der Waals surface area contributed by atoms with E-state index in [1.165, 1.54) is 28.1 Å². The first-order chi connectivity index (χ1) is 22.0. The number of imidazole rings is 2. The summed E-state index contributed by atoms with van der Waals surface area (Å²) in [6, 6.07) is 0. The van der Waals surface area contributed by atoms with Gasteiger partial charge in [-0.15, -0.1) is 0 Å². The zero-order valence-corrected chi connectivity index (χ0v) is 25.9. The molecule has 0 amide bonds. The fraction of sp³-hybridized carbons (Fsp3) is 0.500. The van der Waals surface area contributed by atoms with Crippen LogP contribution in [0.5, 0.6) is 0 Å². The zero-order chi connectivity index (χ0) is 32.7. The quantitative estimate of drug-likeness (QED) is 0.0526. The molecule has 0 saturated carbocycles. The minimum atomic E-state index is -5.03. The Balaban J connectivity index is 1.18. The number of fused-ring (bicyclic) bond motifs is 2. The molecule has 21 nitrogen and oxygen atoms in total. The van der Waals surface area contributed by atoms with Gasteiger partial charge in [0.1, 0.15) is 47.1 Å². The molecule has 4 aromatic heterocycles. The van der Waals surface area contributed by atoms with E-state index >= 15 is 0 Å². The maximum absolute atomic E-state index is 13.2. The van der Waals surface area contributed by atoms with Gasteiger partial charge in [0.25, 0.3) is 5.56 Å². The van der Waals surface area contributed by atoms with E-state index < -0.39 is 77.9 Å². The average molecular weight is 704 g/mol. The van der Waals surface area contributed by atoms with Crippen LogP contribution < -0.4 is 11.3 Å². The Morgan fingerprint density at radius 1 is 1.09 bits per heavy atom. The number of nitrogen functional groups attached to an aromatic ring is 1. The average Bonchev–Trinajstić information content (AvgIpc) is 3.77. The molecule has 0 spiro atoms. The van der Waals surface area contributed by atoms with Crippen molar-refractivity contribution in [2.75, 3.05) is 18.9 Å². The summed E-state index contributed by atoms with van der Waals surface area (Å²) in [4.78, 5) is 65.0. The lowest BCUT2D eigenvalue weighted by molar-refractivity contribution is -0.110. The van der Waals surface area contributed by atoms with Gasteiger partial charge >= 0.3 is 7.82 Å². The molecule has 0 radical (unpaired) electrons. The number of aldehydes is 1. The number of aliphatic hydroxyl groups excluding tert-OH is 2. The van der Waals surface area contributed by atoms with Crippen LogP contribution in [-0.2, 0) is 32.4 Å². The number of aliphatic hydroxyl groups is 2. The number of hydrogen-bond donors (Lipinski definition) is 7. The second kappa shape index (κ2) is 13.2. The predicted molar refractivity (Wildman–Crippen MR) is 156 cm³/mol. The molecule has 6 heterocycles. The standard InChI is InChI=1S/C22H27N9O12P2S/c23-22-28-17-11(18(35)29-22)26-6-31(17)20-8(1-2-32)13(33)9(41-20)4-40-45(37,38)43-15-10(3-39-44-36)42-21(14(15)34)30-7-27-12-16(30)24-5-25-19(12)46/h2,5-10,13-15,20-21,33-34,36,44H,1,3-4H2,(H,37,38)(H,24,25,46)(H3,23,28,29,35)/t8-,9-,10-,13+,14-,15-,20-,21-/m1/s1. The van der Waals surface area contributed by atoms with E-state index in [1.54, 1.807) is 0 Å². The van der Waals surface area contributed by atoms with E-state index in [4.69, 9.17) is 41.0 Å². The number of anilines is 1. The molecule has 10 atom stereocenters. The fourth-order valence-electron chi connectivity index (χ4n) is 5.45. The van der Waals surface area contributed by atoms with Crippen LogP contribution >= 0.6 is 29.1 Å². The third-order valence-electron chi connectivity index (χ3n) is 7.51. The number of hydrogen-bond acceptors (Lipinski definition) is 17. The Bertz CT molecular complexity index is 1900. The van der Waals surface area contributed by atoms with E-state index in [-0.39, 0.29) is 40.4 Å². The van der Waals surface area contributed by atoms with Crippen LogP contribution in [0.1, 0.15) is 18.9 Å². The van der Waals surface area contributed by atoms with Gasteiger partial charge in [0, 0.05) is 12.3 Å². The normalized spacial score (nSPS) is 29.7. The molecule has 2 aliphatic heterocycles. The first-order valence-electron chi connectivity index (χ1n) is 13.4. The van der Waals surface area contributed by atoms with Crippen molar-refractivity contribution in [1.29, 1.82) is 0 Å².